The van der Waals surface area contributed by atoms with Crippen molar-refractivity contribution < 1.29 is 5.11 Å². The maximum absolute atomic E-state index is 8.97. The van der Waals surface area contributed by atoms with Crippen molar-refractivity contribution >= 4 is 15.9 Å². The van der Waals surface area contributed by atoms with Gasteiger partial charge in [0.25, 0.3) is 0 Å². The molecule has 60 valence electrons. The number of aliphatic hydroxyl groups excluding tert-OH is 1. The van der Waals surface area contributed by atoms with Gasteiger partial charge >= 0.3 is 0 Å². The zero-order valence-corrected chi connectivity index (χ0v) is 7.81. The van der Waals surface area contributed by atoms with E-state index in [2.05, 4.69) is 15.9 Å². The summed E-state index contributed by atoms with van der Waals surface area (Å²) < 4.78 is 0. The first kappa shape index (κ1) is 8.54. The van der Waals surface area contributed by atoms with E-state index >= 15 is 0 Å². The van der Waals surface area contributed by atoms with E-state index in [0.717, 1.165) is 11.2 Å². The van der Waals surface area contributed by atoms with Crippen LogP contribution in [0, 0.1) is 11.8 Å². The molecule has 0 spiro atoms. The molecule has 0 aromatic heterocycles. The normalized spacial score (nSPS) is 34.2. The number of aliphatic hydroxyl groups is 1. The highest BCUT2D eigenvalue weighted by atomic mass is 79.9. The maximum Gasteiger partial charge on any atom is 0.0462 e. The van der Waals surface area contributed by atoms with Gasteiger partial charge in [0.05, 0.1) is 0 Å². The topological polar surface area (TPSA) is 20.2 Å². The minimum atomic E-state index is 0.385. The molecule has 0 bridgehead atoms. The van der Waals surface area contributed by atoms with Crippen molar-refractivity contribution in [3.05, 3.63) is 0 Å². The molecule has 0 aromatic carbocycles. The number of hydrogen-bond donors (Lipinski definition) is 1. The lowest BCUT2D eigenvalue weighted by Gasteiger charge is -2.28. The Hall–Kier alpha value is 0.440. The molecule has 1 N–H and O–H groups in total. The van der Waals surface area contributed by atoms with Crippen LogP contribution in [-0.2, 0) is 0 Å². The van der Waals surface area contributed by atoms with Crippen LogP contribution >= 0.6 is 15.9 Å². The Kier molecular flexibility index (Phi) is 3.71. The molecule has 1 nitrogen and oxygen atoms in total. The molecule has 0 heterocycles. The average Bonchev–Trinajstić information content (AvgIpc) is 2.04. The van der Waals surface area contributed by atoms with Crippen molar-refractivity contribution in [1.82, 2.24) is 0 Å². The van der Waals surface area contributed by atoms with Gasteiger partial charge in [0.2, 0.25) is 0 Å². The van der Waals surface area contributed by atoms with Gasteiger partial charge in [0, 0.05) is 11.9 Å². The molecule has 10 heavy (non-hydrogen) atoms. The highest BCUT2D eigenvalue weighted by Crippen LogP contribution is 2.30. The smallest absolute Gasteiger partial charge is 0.0462 e. The summed E-state index contributed by atoms with van der Waals surface area (Å²) in [4.78, 5) is 0. The van der Waals surface area contributed by atoms with Gasteiger partial charge in [0.15, 0.2) is 0 Å². The lowest BCUT2D eigenvalue weighted by Crippen LogP contribution is -2.23. The second-order valence-corrected chi connectivity index (χ2v) is 3.79. The number of halogens is 1. The third-order valence-electron chi connectivity index (χ3n) is 2.50. The molecule has 2 atom stereocenters. The van der Waals surface area contributed by atoms with E-state index in [1.165, 1.54) is 25.7 Å². The van der Waals surface area contributed by atoms with Gasteiger partial charge in [-0.25, -0.2) is 0 Å². The van der Waals surface area contributed by atoms with Gasteiger partial charge in [-0.15, -0.1) is 0 Å². The van der Waals surface area contributed by atoms with Gasteiger partial charge in [-0.3, -0.25) is 0 Å². The molecule has 0 saturated heterocycles. The quantitative estimate of drug-likeness (QED) is 0.688. The second-order valence-electron chi connectivity index (χ2n) is 3.14. The fourth-order valence-electron chi connectivity index (χ4n) is 1.73. The van der Waals surface area contributed by atoms with E-state index < -0.39 is 0 Å². The van der Waals surface area contributed by atoms with Gasteiger partial charge in [0.1, 0.15) is 0 Å². The van der Waals surface area contributed by atoms with E-state index in [4.69, 9.17) is 5.11 Å². The van der Waals surface area contributed by atoms with E-state index in [9.17, 15) is 0 Å². The molecule has 1 rings (SSSR count). The van der Waals surface area contributed by atoms with Crippen molar-refractivity contribution in [2.45, 2.75) is 25.7 Å². The Morgan fingerprint density at radius 1 is 1.20 bits per heavy atom. The monoisotopic (exact) mass is 206 g/mol. The van der Waals surface area contributed by atoms with Crippen LogP contribution in [-0.4, -0.2) is 17.0 Å². The molecule has 2 unspecified atom stereocenters. The third-order valence-corrected chi connectivity index (χ3v) is 3.33. The summed E-state index contributed by atoms with van der Waals surface area (Å²) in [6.45, 7) is 0.385. The first-order valence-electron chi connectivity index (χ1n) is 4.05. The van der Waals surface area contributed by atoms with Crippen LogP contribution in [0.4, 0.5) is 0 Å². The molecule has 0 radical (unpaired) electrons. The van der Waals surface area contributed by atoms with Crippen molar-refractivity contribution in [3.8, 4) is 0 Å². The summed E-state index contributed by atoms with van der Waals surface area (Å²) in [7, 11) is 0. The summed E-state index contributed by atoms with van der Waals surface area (Å²) in [6.07, 6.45) is 5.20. The minimum absolute atomic E-state index is 0.385. The van der Waals surface area contributed by atoms with Crippen LogP contribution in [0.15, 0.2) is 0 Å². The van der Waals surface area contributed by atoms with Gasteiger partial charge in [-0.05, 0) is 24.7 Å². The third kappa shape index (κ3) is 1.96. The molecule has 0 aromatic rings. The number of alkyl halides is 1. The summed E-state index contributed by atoms with van der Waals surface area (Å²) in [5.74, 6) is 1.31. The molecule has 1 aliphatic carbocycles. The Morgan fingerprint density at radius 2 is 1.80 bits per heavy atom. The van der Waals surface area contributed by atoms with Gasteiger partial charge in [-0.1, -0.05) is 28.8 Å². The first-order valence-corrected chi connectivity index (χ1v) is 5.17. The SMILES string of the molecule is OCC1CCCCC1CBr. The molecule has 0 aliphatic heterocycles. The lowest BCUT2D eigenvalue weighted by atomic mass is 9.81. The van der Waals surface area contributed by atoms with Crippen LogP contribution in [0.2, 0.25) is 0 Å². The summed E-state index contributed by atoms with van der Waals surface area (Å²) in [5.41, 5.74) is 0. The minimum Gasteiger partial charge on any atom is -0.396 e. The van der Waals surface area contributed by atoms with E-state index in [0.29, 0.717) is 12.5 Å². The molecule has 1 fully saturated rings. The summed E-state index contributed by atoms with van der Waals surface area (Å²) in [5, 5.41) is 10.0. The van der Waals surface area contributed by atoms with Crippen molar-refractivity contribution in [3.63, 3.8) is 0 Å². The van der Waals surface area contributed by atoms with Gasteiger partial charge in [-0.2, -0.15) is 0 Å². The molecule has 0 amide bonds. The standard InChI is InChI=1S/C8H15BrO/c9-5-7-3-1-2-4-8(7)6-10/h7-8,10H,1-6H2. The molecule has 1 aliphatic rings. The zero-order chi connectivity index (χ0) is 7.40. The lowest BCUT2D eigenvalue weighted by molar-refractivity contribution is 0.147. The second kappa shape index (κ2) is 4.35. The van der Waals surface area contributed by atoms with E-state index in [1.807, 2.05) is 0 Å². The zero-order valence-electron chi connectivity index (χ0n) is 6.22. The Labute approximate surface area is 70.9 Å². The highest BCUT2D eigenvalue weighted by Gasteiger charge is 2.22. The van der Waals surface area contributed by atoms with E-state index in [-0.39, 0.29) is 0 Å². The summed E-state index contributed by atoms with van der Waals surface area (Å²) >= 11 is 3.48. The molecule has 1 saturated carbocycles. The van der Waals surface area contributed by atoms with Crippen molar-refractivity contribution in [2.24, 2.45) is 11.8 Å². The van der Waals surface area contributed by atoms with Crippen LogP contribution in [0.3, 0.4) is 0 Å². The molecular formula is C8H15BrO. The fourth-order valence-corrected chi connectivity index (χ4v) is 2.58. The van der Waals surface area contributed by atoms with Gasteiger partial charge < -0.3 is 5.11 Å². The maximum atomic E-state index is 8.97. The van der Waals surface area contributed by atoms with Crippen LogP contribution < -0.4 is 0 Å². The highest BCUT2D eigenvalue weighted by molar-refractivity contribution is 9.09. The Balaban J connectivity index is 2.34. The predicted molar refractivity (Wildman–Crippen MR) is 46.3 cm³/mol. The summed E-state index contributed by atoms with van der Waals surface area (Å²) in [6, 6.07) is 0. The van der Waals surface area contributed by atoms with Crippen LogP contribution in [0.1, 0.15) is 25.7 Å². The largest absolute Gasteiger partial charge is 0.396 e. The van der Waals surface area contributed by atoms with E-state index in [1.54, 1.807) is 0 Å². The average molecular weight is 207 g/mol. The Morgan fingerprint density at radius 3 is 2.20 bits per heavy atom. The predicted octanol–water partition coefficient (Wildman–Crippen LogP) is 2.18. The van der Waals surface area contributed by atoms with Crippen LogP contribution in [0.5, 0.6) is 0 Å². The van der Waals surface area contributed by atoms with Crippen molar-refractivity contribution in [1.29, 1.82) is 0 Å². The fraction of sp³-hybridized carbons (Fsp3) is 1.00. The number of hydrogen-bond acceptors (Lipinski definition) is 1. The van der Waals surface area contributed by atoms with Crippen LogP contribution in [0.25, 0.3) is 0 Å². The molecular weight excluding hydrogens is 192 g/mol. The first-order chi connectivity index (χ1) is 4.88. The Bertz CT molecular complexity index is 83.3. The number of rotatable bonds is 2. The van der Waals surface area contributed by atoms with Crippen molar-refractivity contribution in [2.75, 3.05) is 11.9 Å². The molecule has 2 heteroatoms.